The van der Waals surface area contributed by atoms with Crippen molar-refractivity contribution >= 4 is 5.65 Å². The zero-order valence-electron chi connectivity index (χ0n) is 10.4. The lowest BCUT2D eigenvalue weighted by atomic mass is 10.1. The molecule has 2 N–H and O–H groups in total. The number of fused-ring (bicyclic) bond motifs is 1. The Balaban J connectivity index is 2.13. The summed E-state index contributed by atoms with van der Waals surface area (Å²) in [5, 5.41) is 12.4. The molecule has 0 atom stereocenters. The molecule has 0 radical (unpaired) electrons. The molecule has 0 fully saturated rings. The van der Waals surface area contributed by atoms with Crippen molar-refractivity contribution in [2.75, 3.05) is 6.54 Å². The zero-order valence-corrected chi connectivity index (χ0v) is 10.4. The molecule has 2 heterocycles. The second kappa shape index (κ2) is 5.11. The minimum atomic E-state index is 0.629. The highest BCUT2D eigenvalue weighted by molar-refractivity contribution is 5.72. The summed E-state index contributed by atoms with van der Waals surface area (Å²) in [6.07, 6.45) is 3.21. The van der Waals surface area contributed by atoms with Gasteiger partial charge in [-0.3, -0.25) is 0 Å². The van der Waals surface area contributed by atoms with Crippen molar-refractivity contribution in [1.29, 1.82) is 0 Å². The highest BCUT2D eigenvalue weighted by Gasteiger charge is 2.11. The fraction of sp³-hybridized carbons (Fsp3) is 0.231. The van der Waals surface area contributed by atoms with E-state index in [1.54, 1.807) is 10.8 Å². The average Bonchev–Trinajstić information content (AvgIpc) is 2.93. The monoisotopic (exact) mass is 254 g/mol. The van der Waals surface area contributed by atoms with Crippen molar-refractivity contribution in [2.24, 2.45) is 5.73 Å². The van der Waals surface area contributed by atoms with Crippen molar-refractivity contribution in [3.63, 3.8) is 0 Å². The van der Waals surface area contributed by atoms with Crippen molar-refractivity contribution in [2.45, 2.75) is 12.8 Å². The van der Waals surface area contributed by atoms with Gasteiger partial charge >= 0.3 is 0 Å². The fourth-order valence-electron chi connectivity index (χ4n) is 1.94. The van der Waals surface area contributed by atoms with Gasteiger partial charge in [0.1, 0.15) is 17.8 Å². The summed E-state index contributed by atoms with van der Waals surface area (Å²) < 4.78 is 1.67. The quantitative estimate of drug-likeness (QED) is 0.753. The highest BCUT2D eigenvalue weighted by Crippen LogP contribution is 2.20. The lowest BCUT2D eigenvalue weighted by Crippen LogP contribution is -2.07. The summed E-state index contributed by atoms with van der Waals surface area (Å²) in [7, 11) is 0. The van der Waals surface area contributed by atoms with Gasteiger partial charge in [-0.15, -0.1) is 15.3 Å². The molecule has 0 spiro atoms. The first kappa shape index (κ1) is 11.7. The molecular weight excluding hydrogens is 240 g/mol. The van der Waals surface area contributed by atoms with Crippen LogP contribution in [0.15, 0.2) is 36.7 Å². The summed E-state index contributed by atoms with van der Waals surface area (Å²) in [5.74, 6) is 0.761. The van der Waals surface area contributed by atoms with Gasteiger partial charge in [-0.05, 0) is 13.0 Å². The van der Waals surface area contributed by atoms with Gasteiger partial charge in [0, 0.05) is 12.0 Å². The molecule has 0 aliphatic rings. The van der Waals surface area contributed by atoms with Crippen LogP contribution >= 0.6 is 0 Å². The van der Waals surface area contributed by atoms with Gasteiger partial charge in [0.15, 0.2) is 0 Å². The lowest BCUT2D eigenvalue weighted by Gasteiger charge is -2.05. The number of nitrogens with zero attached hydrogens (tertiary/aromatic N) is 5. The van der Waals surface area contributed by atoms with Crippen LogP contribution in [0.5, 0.6) is 0 Å². The molecule has 6 nitrogen and oxygen atoms in total. The van der Waals surface area contributed by atoms with Gasteiger partial charge in [-0.1, -0.05) is 30.3 Å². The fourth-order valence-corrected chi connectivity index (χ4v) is 1.94. The smallest absolute Gasteiger partial charge is 0.203 e. The van der Waals surface area contributed by atoms with Crippen LogP contribution in [-0.2, 0) is 6.42 Å². The molecule has 0 saturated carbocycles. The van der Waals surface area contributed by atoms with Gasteiger partial charge < -0.3 is 5.73 Å². The Bertz CT molecular complexity index is 676. The van der Waals surface area contributed by atoms with Gasteiger partial charge in [0.05, 0.1) is 0 Å². The van der Waals surface area contributed by atoms with Gasteiger partial charge in [-0.2, -0.15) is 4.52 Å². The van der Waals surface area contributed by atoms with Crippen LogP contribution in [0.25, 0.3) is 16.9 Å². The summed E-state index contributed by atoms with van der Waals surface area (Å²) >= 11 is 0. The standard InChI is InChI=1S/C13H14N6/c14-8-4-7-11-16-12(10-5-2-1-3-6-10)13-17-15-9-19(13)18-11/h1-3,5-6,9H,4,7-8,14H2. The zero-order chi connectivity index (χ0) is 13.1. The maximum Gasteiger partial charge on any atom is 0.203 e. The van der Waals surface area contributed by atoms with Crippen LogP contribution in [0.1, 0.15) is 12.2 Å². The molecule has 0 bridgehead atoms. The van der Waals surface area contributed by atoms with Crippen molar-refractivity contribution in [1.82, 2.24) is 24.8 Å². The number of hydrogen-bond acceptors (Lipinski definition) is 5. The first-order valence-corrected chi connectivity index (χ1v) is 6.21. The second-order valence-corrected chi connectivity index (χ2v) is 4.23. The van der Waals surface area contributed by atoms with Crippen LogP contribution in [-0.4, -0.2) is 31.3 Å². The lowest BCUT2D eigenvalue weighted by molar-refractivity contribution is 0.737. The van der Waals surface area contributed by atoms with E-state index in [-0.39, 0.29) is 0 Å². The Morgan fingerprint density at radius 3 is 2.79 bits per heavy atom. The van der Waals surface area contributed by atoms with E-state index in [1.807, 2.05) is 30.3 Å². The van der Waals surface area contributed by atoms with Crippen molar-refractivity contribution in [3.05, 3.63) is 42.5 Å². The van der Waals surface area contributed by atoms with E-state index in [0.29, 0.717) is 12.2 Å². The molecule has 3 aromatic rings. The molecule has 19 heavy (non-hydrogen) atoms. The number of hydrogen-bond donors (Lipinski definition) is 1. The molecule has 3 rings (SSSR count). The summed E-state index contributed by atoms with van der Waals surface area (Å²) in [4.78, 5) is 4.59. The Morgan fingerprint density at radius 1 is 1.16 bits per heavy atom. The van der Waals surface area contributed by atoms with Crippen LogP contribution in [0.3, 0.4) is 0 Å². The van der Waals surface area contributed by atoms with E-state index in [0.717, 1.165) is 29.9 Å². The predicted molar refractivity (Wildman–Crippen MR) is 71.4 cm³/mol. The maximum atomic E-state index is 5.53. The third-order valence-electron chi connectivity index (χ3n) is 2.86. The summed E-state index contributed by atoms with van der Waals surface area (Å²) in [6.45, 7) is 0.629. The van der Waals surface area contributed by atoms with Crippen molar-refractivity contribution in [3.8, 4) is 11.3 Å². The van der Waals surface area contributed by atoms with Crippen LogP contribution < -0.4 is 5.73 Å². The molecule has 96 valence electrons. The Labute approximate surface area is 110 Å². The summed E-state index contributed by atoms with van der Waals surface area (Å²) in [5.41, 5.74) is 8.02. The Hall–Kier alpha value is -2.34. The number of rotatable bonds is 4. The van der Waals surface area contributed by atoms with Crippen LogP contribution in [0.4, 0.5) is 0 Å². The maximum absolute atomic E-state index is 5.53. The SMILES string of the molecule is NCCCc1nc(-c2ccccc2)c2nncn2n1. The third-order valence-corrected chi connectivity index (χ3v) is 2.86. The number of aryl methyl sites for hydroxylation is 1. The minimum Gasteiger partial charge on any atom is -0.330 e. The second-order valence-electron chi connectivity index (χ2n) is 4.23. The van der Waals surface area contributed by atoms with E-state index in [4.69, 9.17) is 5.73 Å². The molecule has 0 aliphatic carbocycles. The van der Waals surface area contributed by atoms with Crippen molar-refractivity contribution < 1.29 is 0 Å². The van der Waals surface area contributed by atoms with E-state index < -0.39 is 0 Å². The molecule has 1 aromatic carbocycles. The van der Waals surface area contributed by atoms with E-state index in [1.165, 1.54) is 0 Å². The molecule has 2 aromatic heterocycles. The normalized spacial score (nSPS) is 11.0. The molecule has 0 saturated heterocycles. The first-order chi connectivity index (χ1) is 9.38. The number of nitrogens with two attached hydrogens (primary N) is 1. The van der Waals surface area contributed by atoms with E-state index >= 15 is 0 Å². The topological polar surface area (TPSA) is 82.0 Å². The first-order valence-electron chi connectivity index (χ1n) is 6.21. The molecule has 0 aliphatic heterocycles. The Morgan fingerprint density at radius 2 is 2.00 bits per heavy atom. The third kappa shape index (κ3) is 2.30. The average molecular weight is 254 g/mol. The van der Waals surface area contributed by atoms with E-state index in [9.17, 15) is 0 Å². The van der Waals surface area contributed by atoms with Gasteiger partial charge in [0.25, 0.3) is 0 Å². The van der Waals surface area contributed by atoms with Gasteiger partial charge in [-0.25, -0.2) is 4.98 Å². The largest absolute Gasteiger partial charge is 0.330 e. The number of aromatic nitrogens is 5. The van der Waals surface area contributed by atoms with Gasteiger partial charge in [0.2, 0.25) is 5.65 Å². The summed E-state index contributed by atoms with van der Waals surface area (Å²) in [6, 6.07) is 9.93. The molecular formula is C13H14N6. The number of benzene rings is 1. The predicted octanol–water partition coefficient (Wildman–Crippen LogP) is 1.08. The molecule has 0 unspecified atom stereocenters. The molecule has 6 heteroatoms. The minimum absolute atomic E-state index is 0.629. The molecule has 0 amide bonds. The van der Waals surface area contributed by atoms with E-state index in [2.05, 4.69) is 20.3 Å². The Kier molecular flexibility index (Phi) is 3.16. The highest BCUT2D eigenvalue weighted by atomic mass is 15.4. The van der Waals surface area contributed by atoms with Crippen LogP contribution in [0, 0.1) is 0 Å². The van der Waals surface area contributed by atoms with Crippen LogP contribution in [0.2, 0.25) is 0 Å².